The van der Waals surface area contributed by atoms with E-state index in [-0.39, 0.29) is 12.5 Å². The van der Waals surface area contributed by atoms with Crippen LogP contribution in [0.15, 0.2) is 87.6 Å². The molecule has 4 aromatic rings. The summed E-state index contributed by atoms with van der Waals surface area (Å²) in [4.78, 5) is 26.4. The molecule has 3 aromatic carbocycles. The van der Waals surface area contributed by atoms with Crippen molar-refractivity contribution >= 4 is 39.1 Å². The summed E-state index contributed by atoms with van der Waals surface area (Å²) in [6.45, 7) is 3.37. The van der Waals surface area contributed by atoms with E-state index in [0.29, 0.717) is 44.2 Å². The molecule has 0 bridgehead atoms. The highest BCUT2D eigenvalue weighted by Crippen LogP contribution is 2.45. The number of hydrogen-bond acceptors (Lipinski definition) is 7. The van der Waals surface area contributed by atoms with E-state index in [1.54, 1.807) is 11.3 Å². The molecule has 1 spiro atoms. The summed E-state index contributed by atoms with van der Waals surface area (Å²) in [7, 11) is 0. The second-order valence-corrected chi connectivity index (χ2v) is 12.3. The molecule has 0 unspecified atom stereocenters. The van der Waals surface area contributed by atoms with Gasteiger partial charge in [0.1, 0.15) is 5.75 Å². The zero-order chi connectivity index (χ0) is 28.4. The quantitative estimate of drug-likeness (QED) is 0.241. The van der Waals surface area contributed by atoms with Crippen LogP contribution in [0, 0.1) is 6.92 Å². The smallest absolute Gasteiger partial charge is 0.255 e. The molecule has 0 radical (unpaired) electrons. The van der Waals surface area contributed by atoms with Crippen LogP contribution < -0.4 is 4.74 Å². The highest BCUT2D eigenvalue weighted by molar-refractivity contribution is 9.10. The first kappa shape index (κ1) is 27.6. The van der Waals surface area contributed by atoms with Gasteiger partial charge >= 0.3 is 0 Å². The highest BCUT2D eigenvalue weighted by atomic mass is 79.9. The zero-order valence-electron chi connectivity index (χ0n) is 22.6. The SMILES string of the molecule is Cc1nc(CN2Cc3ccccc3C[C@]3(N=C(c4ccc(OCCCO)cc4)O[C@@H]3c3ccc(Br)cc3)C2=O)cs1. The van der Waals surface area contributed by atoms with Crippen molar-refractivity contribution in [1.82, 2.24) is 9.88 Å². The van der Waals surface area contributed by atoms with E-state index < -0.39 is 11.6 Å². The van der Waals surface area contributed by atoms with Gasteiger partial charge < -0.3 is 19.5 Å². The lowest BCUT2D eigenvalue weighted by Gasteiger charge is -2.33. The van der Waals surface area contributed by atoms with Crippen LogP contribution in [0.1, 0.15) is 45.5 Å². The van der Waals surface area contributed by atoms with Crippen molar-refractivity contribution in [2.45, 2.75) is 44.5 Å². The van der Waals surface area contributed by atoms with Crippen molar-refractivity contribution in [2.24, 2.45) is 4.99 Å². The third-order valence-corrected chi connectivity index (χ3v) is 8.78. The molecule has 0 aliphatic carbocycles. The predicted octanol–water partition coefficient (Wildman–Crippen LogP) is 6.02. The highest BCUT2D eigenvalue weighted by Gasteiger charge is 2.56. The van der Waals surface area contributed by atoms with Crippen LogP contribution in [-0.2, 0) is 29.0 Å². The number of carbonyl (C=O) groups excluding carboxylic acids is 1. The number of thiazole rings is 1. The number of aliphatic hydroxyl groups is 1. The summed E-state index contributed by atoms with van der Waals surface area (Å²) in [5.74, 6) is 1.05. The number of rotatable bonds is 8. The van der Waals surface area contributed by atoms with Crippen molar-refractivity contribution in [3.63, 3.8) is 0 Å². The fourth-order valence-electron chi connectivity index (χ4n) is 5.44. The van der Waals surface area contributed by atoms with Gasteiger partial charge in [-0.2, -0.15) is 0 Å². The van der Waals surface area contributed by atoms with Crippen LogP contribution in [0.5, 0.6) is 5.75 Å². The fraction of sp³-hybridized carbons (Fsp3) is 0.281. The lowest BCUT2D eigenvalue weighted by atomic mass is 9.82. The molecule has 1 amide bonds. The molecule has 41 heavy (non-hydrogen) atoms. The maximum Gasteiger partial charge on any atom is 0.255 e. The average molecular weight is 633 g/mol. The molecule has 1 N–H and O–H groups in total. The Morgan fingerprint density at radius 1 is 1.10 bits per heavy atom. The molecule has 0 saturated carbocycles. The van der Waals surface area contributed by atoms with Gasteiger partial charge in [-0.05, 0) is 60.0 Å². The third-order valence-electron chi connectivity index (χ3n) is 7.43. The van der Waals surface area contributed by atoms with Crippen LogP contribution in [0.4, 0.5) is 0 Å². The van der Waals surface area contributed by atoms with E-state index in [1.807, 2.05) is 77.9 Å². The third kappa shape index (κ3) is 5.66. The first-order valence-corrected chi connectivity index (χ1v) is 15.3. The summed E-state index contributed by atoms with van der Waals surface area (Å²) >= 11 is 5.12. The molecule has 6 rings (SSSR count). The molecule has 2 atom stereocenters. The molecule has 3 heterocycles. The number of benzene rings is 3. The Balaban J connectivity index is 1.44. The van der Waals surface area contributed by atoms with E-state index >= 15 is 0 Å². The Hall–Kier alpha value is -3.53. The van der Waals surface area contributed by atoms with Gasteiger partial charge in [0, 0.05) is 41.4 Å². The standard InChI is InChI=1S/C32H30BrN3O4S/c1-21-34-27(20-41-21)19-36-18-25-6-3-2-5-24(25)17-32(31(36)38)29(22-7-11-26(33)12-8-22)40-30(35-32)23-9-13-28(14-10-23)39-16-4-15-37/h2-3,5-14,20,29,37H,4,15-19H2,1H3/t29-,32-/m1/s1. The van der Waals surface area contributed by atoms with Gasteiger partial charge in [0.05, 0.1) is 23.9 Å². The Labute approximate surface area is 251 Å². The van der Waals surface area contributed by atoms with Gasteiger partial charge in [-0.25, -0.2) is 9.98 Å². The first-order valence-electron chi connectivity index (χ1n) is 13.6. The number of fused-ring (bicyclic) bond motifs is 1. The van der Waals surface area contributed by atoms with Crippen molar-refractivity contribution in [3.8, 4) is 5.75 Å². The van der Waals surface area contributed by atoms with Gasteiger partial charge in [0.25, 0.3) is 5.91 Å². The molecule has 210 valence electrons. The van der Waals surface area contributed by atoms with Crippen molar-refractivity contribution in [1.29, 1.82) is 0 Å². The fourth-order valence-corrected chi connectivity index (χ4v) is 6.30. The Bertz CT molecular complexity index is 1570. The van der Waals surface area contributed by atoms with E-state index in [2.05, 4.69) is 33.0 Å². The van der Waals surface area contributed by atoms with E-state index in [9.17, 15) is 4.79 Å². The summed E-state index contributed by atoms with van der Waals surface area (Å²) in [5.41, 5.74) is 3.51. The number of nitrogens with zero attached hydrogens (tertiary/aromatic N) is 3. The predicted molar refractivity (Wildman–Crippen MR) is 162 cm³/mol. The molecular weight excluding hydrogens is 602 g/mol. The van der Waals surface area contributed by atoms with Gasteiger partial charge in [0.2, 0.25) is 5.90 Å². The lowest BCUT2D eigenvalue weighted by Crippen LogP contribution is -2.49. The minimum absolute atomic E-state index is 0.0776. The number of aromatic nitrogens is 1. The average Bonchev–Trinajstić information content (AvgIpc) is 3.55. The summed E-state index contributed by atoms with van der Waals surface area (Å²) < 4.78 is 13.3. The van der Waals surface area contributed by atoms with Crippen molar-refractivity contribution in [3.05, 3.63) is 116 Å². The van der Waals surface area contributed by atoms with E-state index in [1.165, 1.54) is 0 Å². The molecular formula is C32H30BrN3O4S. The van der Waals surface area contributed by atoms with Crippen LogP contribution in [0.2, 0.25) is 0 Å². The van der Waals surface area contributed by atoms with Gasteiger partial charge in [0.15, 0.2) is 11.6 Å². The molecule has 0 saturated heterocycles. The van der Waals surface area contributed by atoms with Crippen LogP contribution in [-0.4, -0.2) is 45.5 Å². The number of aryl methyl sites for hydroxylation is 1. The van der Waals surface area contributed by atoms with Crippen molar-refractivity contribution < 1.29 is 19.4 Å². The second kappa shape index (κ2) is 11.8. The second-order valence-electron chi connectivity index (χ2n) is 10.3. The first-order chi connectivity index (χ1) is 19.9. The summed E-state index contributed by atoms with van der Waals surface area (Å²) in [6.07, 6.45) is 0.362. The molecule has 1 aromatic heterocycles. The van der Waals surface area contributed by atoms with Crippen LogP contribution in [0.25, 0.3) is 0 Å². The Kier molecular flexibility index (Phi) is 7.92. The summed E-state index contributed by atoms with van der Waals surface area (Å²) in [6, 6.07) is 23.6. The molecule has 2 aliphatic heterocycles. The molecule has 2 aliphatic rings. The monoisotopic (exact) mass is 631 g/mol. The van der Waals surface area contributed by atoms with Gasteiger partial charge in [-0.15, -0.1) is 11.3 Å². The number of ether oxygens (including phenoxy) is 2. The maximum absolute atomic E-state index is 14.7. The van der Waals surface area contributed by atoms with Crippen molar-refractivity contribution in [2.75, 3.05) is 13.2 Å². The van der Waals surface area contributed by atoms with Gasteiger partial charge in [-0.3, -0.25) is 4.79 Å². The normalized spacial score (nSPS) is 20.0. The summed E-state index contributed by atoms with van der Waals surface area (Å²) in [5, 5.41) is 12.0. The number of amides is 1. The molecule has 0 fully saturated rings. The topological polar surface area (TPSA) is 84.2 Å². The van der Waals surface area contributed by atoms with E-state index in [0.717, 1.165) is 37.4 Å². The molecule has 7 nitrogen and oxygen atoms in total. The number of carbonyl (C=O) groups is 1. The Morgan fingerprint density at radius 3 is 2.56 bits per heavy atom. The van der Waals surface area contributed by atoms with Gasteiger partial charge in [-0.1, -0.05) is 52.3 Å². The number of hydrogen-bond donors (Lipinski definition) is 1. The maximum atomic E-state index is 14.7. The lowest BCUT2D eigenvalue weighted by molar-refractivity contribution is -0.140. The number of halogens is 1. The zero-order valence-corrected chi connectivity index (χ0v) is 25.0. The minimum atomic E-state index is -1.20. The van der Waals surface area contributed by atoms with E-state index in [4.69, 9.17) is 19.6 Å². The number of aliphatic imine (C=N–C) groups is 1. The number of aliphatic hydroxyl groups excluding tert-OH is 1. The van der Waals surface area contributed by atoms with Crippen LogP contribution in [0.3, 0.4) is 0 Å². The van der Waals surface area contributed by atoms with Crippen LogP contribution >= 0.6 is 27.3 Å². The minimum Gasteiger partial charge on any atom is -0.494 e. The largest absolute Gasteiger partial charge is 0.494 e. The molecule has 9 heteroatoms. The Morgan fingerprint density at radius 2 is 1.85 bits per heavy atom.